The summed E-state index contributed by atoms with van der Waals surface area (Å²) in [4.78, 5) is 0. The minimum atomic E-state index is 0.247. The molecule has 1 aliphatic rings. The normalized spacial score (nSPS) is 17.3. The Hall–Kier alpha value is -0.640. The molecule has 0 saturated carbocycles. The lowest BCUT2D eigenvalue weighted by Gasteiger charge is -2.20. The highest BCUT2D eigenvalue weighted by molar-refractivity contribution is 4.83. The second-order valence-corrected chi connectivity index (χ2v) is 13.4. The summed E-state index contributed by atoms with van der Waals surface area (Å²) >= 11 is 0. The quantitative estimate of drug-likeness (QED) is 0.0586. The zero-order valence-electron chi connectivity index (χ0n) is 29.4. The molecule has 0 bridgehead atoms. The van der Waals surface area contributed by atoms with Crippen molar-refractivity contribution in [1.82, 2.24) is 5.32 Å². The maximum absolute atomic E-state index is 6.22. The van der Waals surface area contributed by atoms with Crippen LogP contribution in [-0.2, 0) is 9.47 Å². The predicted molar refractivity (Wildman–Crippen MR) is 191 cm³/mol. The van der Waals surface area contributed by atoms with E-state index in [1.54, 1.807) is 0 Å². The molecule has 254 valence electrons. The Morgan fingerprint density at radius 3 is 1.00 bits per heavy atom. The van der Waals surface area contributed by atoms with Crippen molar-refractivity contribution in [2.24, 2.45) is 0 Å². The van der Waals surface area contributed by atoms with E-state index >= 15 is 0 Å². The van der Waals surface area contributed by atoms with Crippen molar-refractivity contribution in [2.75, 3.05) is 26.3 Å². The lowest BCUT2D eigenvalue weighted by atomic mass is 10.1. The van der Waals surface area contributed by atoms with Crippen LogP contribution in [0.15, 0.2) is 24.3 Å². The summed E-state index contributed by atoms with van der Waals surface area (Å²) in [6.07, 6.45) is 48.0. The summed E-state index contributed by atoms with van der Waals surface area (Å²) in [5, 5.41) is 3.47. The largest absolute Gasteiger partial charge is 0.374 e. The van der Waals surface area contributed by atoms with E-state index in [1.807, 2.05) is 0 Å². The number of rotatable bonds is 34. The molecule has 2 atom stereocenters. The Balaban J connectivity index is 1.82. The van der Waals surface area contributed by atoms with Crippen molar-refractivity contribution in [1.29, 1.82) is 0 Å². The molecule has 1 rings (SSSR count). The third kappa shape index (κ3) is 28.6. The molecule has 0 aromatic rings. The average molecular weight is 604 g/mol. The lowest BCUT2D eigenvalue weighted by molar-refractivity contribution is -0.0481. The lowest BCUT2D eigenvalue weighted by Crippen LogP contribution is -2.30. The molecule has 1 heterocycles. The molecular formula is C40H77NO2. The van der Waals surface area contributed by atoms with E-state index in [-0.39, 0.29) is 12.2 Å². The smallest absolute Gasteiger partial charge is 0.0973 e. The van der Waals surface area contributed by atoms with Gasteiger partial charge in [-0.2, -0.15) is 0 Å². The van der Waals surface area contributed by atoms with E-state index in [2.05, 4.69) is 43.5 Å². The van der Waals surface area contributed by atoms with Gasteiger partial charge in [-0.1, -0.05) is 154 Å². The van der Waals surface area contributed by atoms with Gasteiger partial charge in [0.05, 0.1) is 12.2 Å². The van der Waals surface area contributed by atoms with E-state index < -0.39 is 0 Å². The molecule has 1 N–H and O–H groups in total. The molecule has 0 aromatic carbocycles. The highest BCUT2D eigenvalue weighted by atomic mass is 16.5. The van der Waals surface area contributed by atoms with Gasteiger partial charge in [-0.05, 0) is 64.2 Å². The van der Waals surface area contributed by atoms with Gasteiger partial charge in [0.25, 0.3) is 0 Å². The number of nitrogens with one attached hydrogen (secondary N) is 1. The number of unbranched alkanes of at least 4 members (excludes halogenated alkanes) is 24. The number of hydrogen-bond donors (Lipinski definition) is 1. The molecular weight excluding hydrogens is 526 g/mol. The van der Waals surface area contributed by atoms with Crippen LogP contribution in [0.4, 0.5) is 0 Å². The van der Waals surface area contributed by atoms with Gasteiger partial charge in [0.15, 0.2) is 0 Å². The van der Waals surface area contributed by atoms with Crippen LogP contribution in [-0.4, -0.2) is 38.5 Å². The highest BCUT2D eigenvalue weighted by Gasteiger charge is 2.28. The number of hydrogen-bond acceptors (Lipinski definition) is 3. The summed E-state index contributed by atoms with van der Waals surface area (Å²) < 4.78 is 12.4. The van der Waals surface area contributed by atoms with Crippen LogP contribution in [0, 0.1) is 0 Å². The molecule has 0 radical (unpaired) electrons. The first-order valence-corrected chi connectivity index (χ1v) is 19.6. The van der Waals surface area contributed by atoms with E-state index in [1.165, 1.54) is 180 Å². The Morgan fingerprint density at radius 1 is 0.395 bits per heavy atom. The average Bonchev–Trinajstić information content (AvgIpc) is 3.47. The number of ether oxygens (including phenoxy) is 2. The van der Waals surface area contributed by atoms with Crippen molar-refractivity contribution >= 4 is 0 Å². The van der Waals surface area contributed by atoms with Gasteiger partial charge in [0.1, 0.15) is 0 Å². The third-order valence-electron chi connectivity index (χ3n) is 9.08. The molecule has 0 aromatic heterocycles. The first kappa shape index (κ1) is 40.4. The first-order valence-electron chi connectivity index (χ1n) is 19.6. The minimum Gasteiger partial charge on any atom is -0.374 e. The van der Waals surface area contributed by atoms with Gasteiger partial charge >= 0.3 is 0 Å². The fourth-order valence-electron chi connectivity index (χ4n) is 6.13. The van der Waals surface area contributed by atoms with Crippen LogP contribution in [0.5, 0.6) is 0 Å². The van der Waals surface area contributed by atoms with Gasteiger partial charge in [-0.15, -0.1) is 0 Å². The summed E-state index contributed by atoms with van der Waals surface area (Å²) in [6.45, 7) is 8.26. The van der Waals surface area contributed by atoms with E-state index in [4.69, 9.17) is 9.47 Å². The predicted octanol–water partition coefficient (Wildman–Crippen LogP) is 12.4. The highest BCUT2D eigenvalue weighted by Crippen LogP contribution is 2.15. The van der Waals surface area contributed by atoms with Crippen molar-refractivity contribution in [3.8, 4) is 0 Å². The fraction of sp³-hybridized carbons (Fsp3) is 0.900. The first-order chi connectivity index (χ1) is 21.4. The van der Waals surface area contributed by atoms with Crippen molar-refractivity contribution in [3.63, 3.8) is 0 Å². The van der Waals surface area contributed by atoms with Crippen LogP contribution in [0.1, 0.15) is 194 Å². The van der Waals surface area contributed by atoms with Gasteiger partial charge in [-0.25, -0.2) is 0 Å². The third-order valence-corrected chi connectivity index (χ3v) is 9.08. The molecule has 2 unspecified atom stereocenters. The fourth-order valence-corrected chi connectivity index (χ4v) is 6.13. The molecule has 3 heteroatoms. The monoisotopic (exact) mass is 604 g/mol. The van der Waals surface area contributed by atoms with Crippen LogP contribution < -0.4 is 5.32 Å². The summed E-state index contributed by atoms with van der Waals surface area (Å²) in [5.41, 5.74) is 0. The second-order valence-electron chi connectivity index (χ2n) is 13.4. The summed E-state index contributed by atoms with van der Waals surface area (Å²) in [7, 11) is 0. The molecule has 0 amide bonds. The Morgan fingerprint density at radius 2 is 0.674 bits per heavy atom. The summed E-state index contributed by atoms with van der Waals surface area (Å²) in [5.74, 6) is 0. The van der Waals surface area contributed by atoms with E-state index in [0.717, 1.165) is 26.3 Å². The molecule has 1 aliphatic heterocycles. The SMILES string of the molecule is CCCCCCCCC=CCCCCCCCCOC1CNCC1OCCCCCCCCC=CCCCCCCCC. The minimum absolute atomic E-state index is 0.247. The molecule has 1 fully saturated rings. The molecule has 0 aliphatic carbocycles. The second kappa shape index (κ2) is 34.2. The molecule has 43 heavy (non-hydrogen) atoms. The van der Waals surface area contributed by atoms with Gasteiger partial charge in [0, 0.05) is 26.3 Å². The Bertz CT molecular complexity index is 539. The van der Waals surface area contributed by atoms with Crippen LogP contribution in [0.3, 0.4) is 0 Å². The Kier molecular flexibility index (Phi) is 32.2. The van der Waals surface area contributed by atoms with Crippen molar-refractivity contribution < 1.29 is 9.47 Å². The van der Waals surface area contributed by atoms with E-state index in [9.17, 15) is 0 Å². The van der Waals surface area contributed by atoms with Crippen LogP contribution in [0.2, 0.25) is 0 Å². The number of allylic oxidation sites excluding steroid dienone is 4. The zero-order valence-corrected chi connectivity index (χ0v) is 29.4. The zero-order chi connectivity index (χ0) is 30.7. The standard InChI is InChI=1S/C40H77NO2/c1-3-5-7-9-11-13-15-17-19-21-23-25-27-29-31-33-35-42-39-37-41-38-40(39)43-36-34-32-30-28-26-24-22-20-18-16-14-12-10-8-6-4-2/h17-20,39-41H,3-16,21-38H2,1-2H3. The Labute approximate surface area is 270 Å². The van der Waals surface area contributed by atoms with Gasteiger partial charge < -0.3 is 14.8 Å². The van der Waals surface area contributed by atoms with Crippen molar-refractivity contribution in [3.05, 3.63) is 24.3 Å². The van der Waals surface area contributed by atoms with Gasteiger partial charge in [-0.3, -0.25) is 0 Å². The maximum Gasteiger partial charge on any atom is 0.0973 e. The topological polar surface area (TPSA) is 30.5 Å². The van der Waals surface area contributed by atoms with Crippen LogP contribution >= 0.6 is 0 Å². The maximum atomic E-state index is 6.22. The molecule has 1 saturated heterocycles. The van der Waals surface area contributed by atoms with Gasteiger partial charge in [0.2, 0.25) is 0 Å². The van der Waals surface area contributed by atoms with Crippen LogP contribution in [0.25, 0.3) is 0 Å². The molecule has 3 nitrogen and oxygen atoms in total. The summed E-state index contributed by atoms with van der Waals surface area (Å²) in [6, 6.07) is 0. The molecule has 0 spiro atoms. The van der Waals surface area contributed by atoms with Crippen molar-refractivity contribution in [2.45, 2.75) is 206 Å². The van der Waals surface area contributed by atoms with E-state index in [0.29, 0.717) is 0 Å².